The van der Waals surface area contributed by atoms with Crippen molar-refractivity contribution < 1.29 is 4.21 Å². The van der Waals surface area contributed by atoms with Crippen LogP contribution in [0.15, 0.2) is 18.5 Å². The Kier molecular flexibility index (Phi) is 4.91. The fraction of sp³-hybridized carbons (Fsp3) is 0.545. The van der Waals surface area contributed by atoms with Crippen LogP contribution in [-0.2, 0) is 10.8 Å². The Morgan fingerprint density at radius 1 is 1.60 bits per heavy atom. The second kappa shape index (κ2) is 5.98. The fourth-order valence-electron chi connectivity index (χ4n) is 1.46. The van der Waals surface area contributed by atoms with Gasteiger partial charge in [0.25, 0.3) is 0 Å². The number of hydrogen-bond acceptors (Lipinski definition) is 3. The maximum atomic E-state index is 10.9. The highest BCUT2D eigenvalue weighted by Gasteiger charge is 2.07. The Morgan fingerprint density at radius 2 is 2.33 bits per heavy atom. The van der Waals surface area contributed by atoms with Gasteiger partial charge in [-0.1, -0.05) is 0 Å². The van der Waals surface area contributed by atoms with Crippen LogP contribution < -0.4 is 5.32 Å². The first-order chi connectivity index (χ1) is 7.11. The quantitative estimate of drug-likeness (QED) is 0.825. The molecule has 0 aliphatic heterocycles. The topological polar surface area (TPSA) is 42.0 Å². The highest BCUT2D eigenvalue weighted by atomic mass is 32.2. The second-order valence-corrected chi connectivity index (χ2v) is 5.24. The molecule has 1 aromatic heterocycles. The lowest BCUT2D eigenvalue weighted by atomic mass is 10.1. The molecule has 0 radical (unpaired) electrons. The molecule has 0 amide bonds. The second-order valence-electron chi connectivity index (χ2n) is 3.69. The Labute approximate surface area is 93.8 Å². The largest absolute Gasteiger partial charge is 0.309 e. The highest BCUT2D eigenvalue weighted by molar-refractivity contribution is 7.84. The normalized spacial score (nSPS) is 14.9. The Balaban J connectivity index is 2.50. The maximum absolute atomic E-state index is 10.9. The minimum absolute atomic E-state index is 0.266. The summed E-state index contributed by atoms with van der Waals surface area (Å²) in [5.74, 6) is 0.698. The van der Waals surface area contributed by atoms with Crippen molar-refractivity contribution in [2.24, 2.45) is 0 Å². The molecule has 1 rings (SSSR count). The van der Waals surface area contributed by atoms with Gasteiger partial charge in [-0.2, -0.15) is 0 Å². The van der Waals surface area contributed by atoms with Gasteiger partial charge in [-0.25, -0.2) is 0 Å². The molecule has 0 saturated carbocycles. The van der Waals surface area contributed by atoms with Gasteiger partial charge in [-0.15, -0.1) is 0 Å². The van der Waals surface area contributed by atoms with Crippen LogP contribution in [0, 0.1) is 6.92 Å². The van der Waals surface area contributed by atoms with Crippen LogP contribution in [0.2, 0.25) is 0 Å². The van der Waals surface area contributed by atoms with Crippen LogP contribution in [0.4, 0.5) is 0 Å². The summed E-state index contributed by atoms with van der Waals surface area (Å²) < 4.78 is 10.9. The summed E-state index contributed by atoms with van der Waals surface area (Å²) in [4.78, 5) is 4.11. The monoisotopic (exact) mass is 226 g/mol. The van der Waals surface area contributed by atoms with E-state index in [1.807, 2.05) is 12.3 Å². The fourth-order valence-corrected chi connectivity index (χ4v) is 1.86. The number of aromatic nitrogens is 1. The molecule has 0 saturated heterocycles. The summed E-state index contributed by atoms with van der Waals surface area (Å²) in [5.41, 5.74) is 2.45. The smallest absolute Gasteiger partial charge is 0.0357 e. The Bertz CT molecular complexity index is 341. The number of pyridine rings is 1. The lowest BCUT2D eigenvalue weighted by molar-refractivity contribution is 0.592. The molecule has 4 heteroatoms. The van der Waals surface area contributed by atoms with Crippen molar-refractivity contribution in [2.45, 2.75) is 19.9 Å². The average molecular weight is 226 g/mol. The van der Waals surface area contributed by atoms with E-state index in [1.165, 1.54) is 11.1 Å². The molecule has 0 aromatic carbocycles. The van der Waals surface area contributed by atoms with E-state index in [0.717, 1.165) is 6.54 Å². The van der Waals surface area contributed by atoms with Crippen molar-refractivity contribution in [3.63, 3.8) is 0 Å². The minimum Gasteiger partial charge on any atom is -0.309 e. The van der Waals surface area contributed by atoms with Crippen LogP contribution in [-0.4, -0.2) is 27.7 Å². The molecule has 0 aliphatic carbocycles. The predicted molar refractivity (Wildman–Crippen MR) is 64.3 cm³/mol. The number of nitrogens with zero attached hydrogens (tertiary/aromatic N) is 1. The first-order valence-electron chi connectivity index (χ1n) is 5.05. The van der Waals surface area contributed by atoms with Gasteiger partial charge in [-0.3, -0.25) is 9.19 Å². The van der Waals surface area contributed by atoms with Crippen LogP contribution in [0.5, 0.6) is 0 Å². The van der Waals surface area contributed by atoms with Gasteiger partial charge in [0.15, 0.2) is 0 Å². The van der Waals surface area contributed by atoms with Gasteiger partial charge < -0.3 is 5.32 Å². The number of rotatable bonds is 5. The third-order valence-electron chi connectivity index (χ3n) is 2.39. The molecule has 2 atom stereocenters. The zero-order valence-corrected chi connectivity index (χ0v) is 10.3. The van der Waals surface area contributed by atoms with Gasteiger partial charge in [0.05, 0.1) is 0 Å². The molecular formula is C11H18N2OS. The first-order valence-corrected chi connectivity index (χ1v) is 6.78. The number of nitrogens with one attached hydrogen (secondary N) is 1. The zero-order valence-electron chi connectivity index (χ0n) is 9.49. The summed E-state index contributed by atoms with van der Waals surface area (Å²) >= 11 is 0. The molecule has 2 unspecified atom stereocenters. The van der Waals surface area contributed by atoms with Crippen molar-refractivity contribution in [3.8, 4) is 0 Å². The van der Waals surface area contributed by atoms with Crippen LogP contribution in [0.1, 0.15) is 24.1 Å². The molecule has 3 nitrogen and oxygen atoms in total. The van der Waals surface area contributed by atoms with E-state index in [0.29, 0.717) is 5.75 Å². The molecule has 1 aromatic rings. The SMILES string of the molecule is Cc1ccncc1C(C)NCCS(C)=O. The lowest BCUT2D eigenvalue weighted by Gasteiger charge is -2.15. The van der Waals surface area contributed by atoms with E-state index >= 15 is 0 Å². The molecule has 0 fully saturated rings. The first kappa shape index (κ1) is 12.3. The van der Waals surface area contributed by atoms with Crippen molar-refractivity contribution >= 4 is 10.8 Å². The van der Waals surface area contributed by atoms with E-state index in [9.17, 15) is 4.21 Å². The van der Waals surface area contributed by atoms with Gasteiger partial charge in [0.1, 0.15) is 0 Å². The van der Waals surface area contributed by atoms with E-state index in [4.69, 9.17) is 0 Å². The molecule has 84 valence electrons. The van der Waals surface area contributed by atoms with E-state index in [1.54, 1.807) is 12.5 Å². The van der Waals surface area contributed by atoms with Crippen LogP contribution in [0.3, 0.4) is 0 Å². The van der Waals surface area contributed by atoms with E-state index < -0.39 is 10.8 Å². The molecule has 0 spiro atoms. The van der Waals surface area contributed by atoms with Crippen molar-refractivity contribution in [3.05, 3.63) is 29.6 Å². The Hall–Kier alpha value is -0.740. The lowest BCUT2D eigenvalue weighted by Crippen LogP contribution is -2.24. The molecule has 1 N–H and O–H groups in total. The minimum atomic E-state index is -0.722. The highest BCUT2D eigenvalue weighted by Crippen LogP contribution is 2.14. The van der Waals surface area contributed by atoms with E-state index in [-0.39, 0.29) is 6.04 Å². The van der Waals surface area contributed by atoms with Crippen LogP contribution in [0.25, 0.3) is 0 Å². The third-order valence-corrected chi connectivity index (χ3v) is 3.17. The Morgan fingerprint density at radius 3 is 2.93 bits per heavy atom. The van der Waals surface area contributed by atoms with Gasteiger partial charge in [-0.05, 0) is 31.0 Å². The summed E-state index contributed by atoms with van der Waals surface area (Å²) in [5, 5.41) is 3.34. The van der Waals surface area contributed by atoms with Crippen molar-refractivity contribution in [2.75, 3.05) is 18.6 Å². The standard InChI is InChI=1S/C11H18N2OS/c1-9-4-5-12-8-11(9)10(2)13-6-7-15(3)14/h4-5,8,10,13H,6-7H2,1-3H3. The van der Waals surface area contributed by atoms with Crippen LogP contribution >= 0.6 is 0 Å². The van der Waals surface area contributed by atoms with E-state index in [2.05, 4.69) is 24.1 Å². The summed E-state index contributed by atoms with van der Waals surface area (Å²) in [7, 11) is -0.722. The predicted octanol–water partition coefficient (Wildman–Crippen LogP) is 1.42. The number of hydrogen-bond donors (Lipinski definition) is 1. The number of aryl methyl sites for hydroxylation is 1. The van der Waals surface area contributed by atoms with Gasteiger partial charge in [0, 0.05) is 47.8 Å². The summed E-state index contributed by atoms with van der Waals surface area (Å²) in [6.45, 7) is 4.95. The van der Waals surface area contributed by atoms with Crippen molar-refractivity contribution in [1.82, 2.24) is 10.3 Å². The zero-order chi connectivity index (χ0) is 11.3. The maximum Gasteiger partial charge on any atom is 0.0357 e. The molecular weight excluding hydrogens is 208 g/mol. The van der Waals surface area contributed by atoms with Gasteiger partial charge >= 0.3 is 0 Å². The molecule has 15 heavy (non-hydrogen) atoms. The molecule has 1 heterocycles. The van der Waals surface area contributed by atoms with Gasteiger partial charge in [0.2, 0.25) is 0 Å². The summed E-state index contributed by atoms with van der Waals surface area (Å²) in [6, 6.07) is 2.27. The molecule has 0 aliphatic rings. The van der Waals surface area contributed by atoms with Crippen molar-refractivity contribution in [1.29, 1.82) is 0 Å². The molecule has 0 bridgehead atoms. The summed E-state index contributed by atoms with van der Waals surface area (Å²) in [6.07, 6.45) is 5.41. The third kappa shape index (κ3) is 4.10. The average Bonchev–Trinajstić information content (AvgIpc) is 2.17.